The highest BCUT2D eigenvalue weighted by atomic mass is 16.6. The van der Waals surface area contributed by atoms with E-state index in [0.29, 0.717) is 52.7 Å². The van der Waals surface area contributed by atoms with Crippen LogP contribution in [0.4, 0.5) is 0 Å². The number of carbonyl (C=O) groups is 3. The highest BCUT2D eigenvalue weighted by molar-refractivity contribution is 6.04. The second kappa shape index (κ2) is 12.9. The summed E-state index contributed by atoms with van der Waals surface area (Å²) >= 11 is 0. The third-order valence-corrected chi connectivity index (χ3v) is 8.36. The number of rotatable bonds is 9. The SMILES string of the molecule is CCOc1cc([C@@H]2C(C(=O)OC3CCCC3)=C(C)NC3=C2C(=O)C[C@@H](c2ccc(OC)c(OC)c2)C3)ccc1OC(C)=O. The highest BCUT2D eigenvalue weighted by Crippen LogP contribution is 2.48. The minimum absolute atomic E-state index is 0.0563. The Labute approximate surface area is 252 Å². The van der Waals surface area contributed by atoms with Gasteiger partial charge in [0.25, 0.3) is 0 Å². The number of ketones is 1. The molecule has 0 bridgehead atoms. The third kappa shape index (κ3) is 6.26. The second-order valence-corrected chi connectivity index (χ2v) is 11.2. The number of hydrogen-bond acceptors (Lipinski definition) is 9. The van der Waals surface area contributed by atoms with Crippen LogP contribution in [0, 0.1) is 0 Å². The fourth-order valence-corrected chi connectivity index (χ4v) is 6.42. The van der Waals surface area contributed by atoms with Crippen LogP contribution in [0.1, 0.15) is 82.3 Å². The Kier molecular flexibility index (Phi) is 9.08. The number of nitrogens with one attached hydrogen (secondary N) is 1. The van der Waals surface area contributed by atoms with E-state index >= 15 is 0 Å². The van der Waals surface area contributed by atoms with E-state index in [1.54, 1.807) is 32.4 Å². The molecular weight excluding hydrogens is 550 g/mol. The van der Waals surface area contributed by atoms with Crippen molar-refractivity contribution in [2.75, 3.05) is 20.8 Å². The molecule has 5 rings (SSSR count). The summed E-state index contributed by atoms with van der Waals surface area (Å²) in [5.41, 5.74) is 4.03. The Morgan fingerprint density at radius 3 is 2.26 bits per heavy atom. The molecule has 0 amide bonds. The Bertz CT molecular complexity index is 1480. The average Bonchev–Trinajstić information content (AvgIpc) is 3.49. The maximum absolute atomic E-state index is 14.1. The number of allylic oxidation sites excluding steroid dienone is 3. The molecule has 1 N–H and O–H groups in total. The van der Waals surface area contributed by atoms with Crippen LogP contribution < -0.4 is 24.3 Å². The summed E-state index contributed by atoms with van der Waals surface area (Å²) in [5.74, 6) is 0.148. The van der Waals surface area contributed by atoms with Crippen molar-refractivity contribution in [2.24, 2.45) is 0 Å². The molecule has 1 aliphatic heterocycles. The number of dihydropyridines is 1. The first-order valence-corrected chi connectivity index (χ1v) is 14.9. The lowest BCUT2D eigenvalue weighted by Crippen LogP contribution is -2.36. The molecule has 2 atom stereocenters. The number of methoxy groups -OCH3 is 2. The van der Waals surface area contributed by atoms with Crippen LogP contribution in [-0.2, 0) is 19.1 Å². The van der Waals surface area contributed by atoms with Crippen molar-refractivity contribution in [3.05, 3.63) is 70.1 Å². The van der Waals surface area contributed by atoms with E-state index in [1.807, 2.05) is 32.0 Å². The van der Waals surface area contributed by atoms with Gasteiger partial charge in [0.2, 0.25) is 0 Å². The normalized spacial score (nSPS) is 20.3. The van der Waals surface area contributed by atoms with Crippen molar-refractivity contribution in [3.8, 4) is 23.0 Å². The Morgan fingerprint density at radius 1 is 0.907 bits per heavy atom. The summed E-state index contributed by atoms with van der Waals surface area (Å²) in [6.45, 7) is 5.35. The van der Waals surface area contributed by atoms with Gasteiger partial charge in [-0.15, -0.1) is 0 Å². The van der Waals surface area contributed by atoms with Crippen molar-refractivity contribution in [2.45, 2.75) is 77.2 Å². The highest BCUT2D eigenvalue weighted by Gasteiger charge is 2.42. The van der Waals surface area contributed by atoms with Crippen molar-refractivity contribution < 1.29 is 38.1 Å². The molecule has 1 heterocycles. The summed E-state index contributed by atoms with van der Waals surface area (Å²) < 4.78 is 28.1. The molecule has 0 radical (unpaired) electrons. The van der Waals surface area contributed by atoms with Crippen molar-refractivity contribution in [1.82, 2.24) is 5.32 Å². The monoisotopic (exact) mass is 589 g/mol. The number of Topliss-reactive ketones (excluding diaryl/α,β-unsaturated/α-hetero) is 1. The summed E-state index contributed by atoms with van der Waals surface area (Å²) in [6, 6.07) is 10.9. The van der Waals surface area contributed by atoms with E-state index in [0.717, 1.165) is 36.9 Å². The standard InChI is InChI=1S/C34H39NO8/c1-6-41-30-18-22(12-14-28(30)42-20(3)36)32-31(34(38)43-24-9-7-8-10-24)19(2)35-25-15-23(16-26(37)33(25)32)21-11-13-27(39-4)29(17-21)40-5/h11-14,17-18,23-24,32,35H,6-10,15-16H2,1-5H3/t23-,32+/m0/s1. The van der Waals surface area contributed by atoms with Crippen LogP contribution in [0.3, 0.4) is 0 Å². The first-order valence-electron chi connectivity index (χ1n) is 14.9. The van der Waals surface area contributed by atoms with Crippen LogP contribution in [0.25, 0.3) is 0 Å². The minimum atomic E-state index is -0.672. The second-order valence-electron chi connectivity index (χ2n) is 11.2. The molecule has 2 aliphatic carbocycles. The molecule has 9 heteroatoms. The van der Waals surface area contributed by atoms with Crippen LogP contribution in [0.5, 0.6) is 23.0 Å². The van der Waals surface area contributed by atoms with E-state index in [4.69, 9.17) is 23.7 Å². The molecule has 0 unspecified atom stereocenters. The van der Waals surface area contributed by atoms with Crippen LogP contribution in [0.15, 0.2) is 58.9 Å². The van der Waals surface area contributed by atoms with E-state index in [-0.39, 0.29) is 30.0 Å². The molecule has 228 valence electrons. The van der Waals surface area contributed by atoms with Gasteiger partial charge in [0, 0.05) is 36.2 Å². The van der Waals surface area contributed by atoms with Gasteiger partial charge in [-0.2, -0.15) is 0 Å². The third-order valence-electron chi connectivity index (χ3n) is 8.36. The van der Waals surface area contributed by atoms with Crippen LogP contribution >= 0.6 is 0 Å². The molecule has 1 saturated carbocycles. The summed E-state index contributed by atoms with van der Waals surface area (Å²) in [4.78, 5) is 39.6. The van der Waals surface area contributed by atoms with E-state index in [2.05, 4.69) is 5.32 Å². The fourth-order valence-electron chi connectivity index (χ4n) is 6.42. The van der Waals surface area contributed by atoms with E-state index < -0.39 is 17.9 Å². The zero-order valence-corrected chi connectivity index (χ0v) is 25.4. The summed E-state index contributed by atoms with van der Waals surface area (Å²) in [6.07, 6.45) is 4.42. The molecule has 9 nitrogen and oxygen atoms in total. The predicted molar refractivity (Wildman–Crippen MR) is 159 cm³/mol. The van der Waals surface area contributed by atoms with Gasteiger partial charge in [0.15, 0.2) is 28.8 Å². The van der Waals surface area contributed by atoms with Gasteiger partial charge in [-0.05, 0) is 87.3 Å². The molecule has 0 aromatic heterocycles. The maximum atomic E-state index is 14.1. The zero-order valence-electron chi connectivity index (χ0n) is 25.4. The molecule has 3 aliphatic rings. The maximum Gasteiger partial charge on any atom is 0.337 e. The van der Waals surface area contributed by atoms with Crippen LogP contribution in [0.2, 0.25) is 0 Å². The van der Waals surface area contributed by atoms with Gasteiger partial charge < -0.3 is 29.0 Å². The number of esters is 2. The first kappa shape index (κ1) is 30.2. The zero-order chi connectivity index (χ0) is 30.7. The molecule has 2 aromatic rings. The number of carbonyl (C=O) groups excluding carboxylic acids is 3. The van der Waals surface area contributed by atoms with Crippen molar-refractivity contribution in [3.63, 3.8) is 0 Å². The number of hydrogen-bond donors (Lipinski definition) is 1. The summed E-state index contributed by atoms with van der Waals surface area (Å²) in [5, 5.41) is 3.41. The van der Waals surface area contributed by atoms with Gasteiger partial charge >= 0.3 is 11.9 Å². The molecule has 0 saturated heterocycles. The Balaban J connectivity index is 1.57. The van der Waals surface area contributed by atoms with Gasteiger partial charge in [-0.25, -0.2) is 4.79 Å². The number of benzene rings is 2. The Morgan fingerprint density at radius 2 is 1.58 bits per heavy atom. The van der Waals surface area contributed by atoms with Crippen molar-refractivity contribution >= 4 is 17.7 Å². The molecule has 0 spiro atoms. The molecule has 43 heavy (non-hydrogen) atoms. The van der Waals surface area contributed by atoms with Gasteiger partial charge in [-0.1, -0.05) is 12.1 Å². The predicted octanol–water partition coefficient (Wildman–Crippen LogP) is 5.88. The minimum Gasteiger partial charge on any atom is -0.493 e. The average molecular weight is 590 g/mol. The summed E-state index contributed by atoms with van der Waals surface area (Å²) in [7, 11) is 3.18. The number of ether oxygens (including phenoxy) is 5. The van der Waals surface area contributed by atoms with Gasteiger partial charge in [-0.3, -0.25) is 9.59 Å². The van der Waals surface area contributed by atoms with Crippen LogP contribution in [-0.4, -0.2) is 44.7 Å². The van der Waals surface area contributed by atoms with Crippen molar-refractivity contribution in [1.29, 1.82) is 0 Å². The Hall–Kier alpha value is -4.27. The smallest absolute Gasteiger partial charge is 0.337 e. The lowest BCUT2D eigenvalue weighted by atomic mass is 9.71. The fraction of sp³-hybridized carbons (Fsp3) is 0.441. The lowest BCUT2D eigenvalue weighted by Gasteiger charge is -2.37. The van der Waals surface area contributed by atoms with Gasteiger partial charge in [0.05, 0.1) is 26.4 Å². The first-order chi connectivity index (χ1) is 20.7. The lowest BCUT2D eigenvalue weighted by molar-refractivity contribution is -0.144. The largest absolute Gasteiger partial charge is 0.493 e. The molecular formula is C34H39NO8. The van der Waals surface area contributed by atoms with E-state index in [9.17, 15) is 14.4 Å². The molecule has 2 aromatic carbocycles. The molecule has 1 fully saturated rings. The quantitative estimate of drug-likeness (QED) is 0.283. The topological polar surface area (TPSA) is 109 Å². The van der Waals surface area contributed by atoms with Gasteiger partial charge in [0.1, 0.15) is 6.10 Å². The van der Waals surface area contributed by atoms with E-state index in [1.165, 1.54) is 6.92 Å².